The Morgan fingerprint density at radius 3 is 2.71 bits per heavy atom. The number of rotatable bonds is 3. The van der Waals surface area contributed by atoms with E-state index in [2.05, 4.69) is 15.9 Å². The molecule has 0 spiro atoms. The monoisotopic (exact) mass is 296 g/mol. The van der Waals surface area contributed by atoms with Crippen LogP contribution in [0.15, 0.2) is 22.7 Å². The second-order valence-electron chi connectivity index (χ2n) is 5.30. The van der Waals surface area contributed by atoms with Crippen LogP contribution in [0.2, 0.25) is 0 Å². The SMILES string of the molecule is O=C(Cc1cc(F)ccc1Br)C1CC2CC2C1. The Hall–Kier alpha value is -0.700. The van der Waals surface area contributed by atoms with Gasteiger partial charge >= 0.3 is 0 Å². The van der Waals surface area contributed by atoms with Gasteiger partial charge in [-0.15, -0.1) is 0 Å². The number of benzene rings is 1. The molecule has 1 aromatic rings. The molecule has 3 rings (SSSR count). The van der Waals surface area contributed by atoms with Crippen LogP contribution in [-0.2, 0) is 11.2 Å². The summed E-state index contributed by atoms with van der Waals surface area (Å²) in [5.41, 5.74) is 0.774. The lowest BCUT2D eigenvalue weighted by molar-refractivity contribution is -0.122. The fourth-order valence-corrected chi connectivity index (χ4v) is 3.38. The molecule has 0 N–H and O–H groups in total. The minimum Gasteiger partial charge on any atom is -0.299 e. The maximum atomic E-state index is 13.1. The van der Waals surface area contributed by atoms with E-state index in [1.165, 1.54) is 18.6 Å². The molecule has 2 atom stereocenters. The summed E-state index contributed by atoms with van der Waals surface area (Å²) < 4.78 is 13.9. The van der Waals surface area contributed by atoms with E-state index in [-0.39, 0.29) is 17.5 Å². The zero-order chi connectivity index (χ0) is 12.0. The van der Waals surface area contributed by atoms with Gasteiger partial charge in [-0.1, -0.05) is 15.9 Å². The van der Waals surface area contributed by atoms with Crippen molar-refractivity contribution in [3.63, 3.8) is 0 Å². The number of Topliss-reactive ketones (excluding diaryl/α,β-unsaturated/α-hetero) is 1. The van der Waals surface area contributed by atoms with Crippen molar-refractivity contribution < 1.29 is 9.18 Å². The molecule has 0 bridgehead atoms. The predicted molar refractivity (Wildman–Crippen MR) is 67.1 cm³/mol. The van der Waals surface area contributed by atoms with Gasteiger partial charge in [0.05, 0.1) is 0 Å². The zero-order valence-corrected chi connectivity index (χ0v) is 11.0. The molecule has 0 radical (unpaired) electrons. The first kappa shape index (κ1) is 11.4. The lowest BCUT2D eigenvalue weighted by atomic mass is 9.94. The number of ketones is 1. The fourth-order valence-electron chi connectivity index (χ4n) is 2.99. The van der Waals surface area contributed by atoms with Gasteiger partial charge in [0.25, 0.3) is 0 Å². The van der Waals surface area contributed by atoms with E-state index in [4.69, 9.17) is 0 Å². The van der Waals surface area contributed by atoms with E-state index in [0.717, 1.165) is 34.7 Å². The Morgan fingerprint density at radius 2 is 2.00 bits per heavy atom. The highest BCUT2D eigenvalue weighted by Crippen LogP contribution is 2.54. The van der Waals surface area contributed by atoms with Crippen molar-refractivity contribution in [1.29, 1.82) is 0 Å². The van der Waals surface area contributed by atoms with Gasteiger partial charge in [0.15, 0.2) is 0 Å². The first-order valence-corrected chi connectivity index (χ1v) is 6.89. The van der Waals surface area contributed by atoms with Gasteiger partial charge in [-0.05, 0) is 54.9 Å². The Kier molecular flexibility index (Phi) is 2.81. The van der Waals surface area contributed by atoms with Gasteiger partial charge in [0.1, 0.15) is 11.6 Å². The summed E-state index contributed by atoms with van der Waals surface area (Å²) in [6.45, 7) is 0. The summed E-state index contributed by atoms with van der Waals surface area (Å²) in [4.78, 5) is 12.1. The van der Waals surface area contributed by atoms with Gasteiger partial charge in [0, 0.05) is 16.8 Å². The largest absolute Gasteiger partial charge is 0.299 e. The van der Waals surface area contributed by atoms with Crippen LogP contribution in [-0.4, -0.2) is 5.78 Å². The van der Waals surface area contributed by atoms with Crippen molar-refractivity contribution in [2.75, 3.05) is 0 Å². The van der Waals surface area contributed by atoms with Crippen LogP contribution >= 0.6 is 15.9 Å². The average Bonchev–Trinajstić information content (AvgIpc) is 2.91. The Balaban J connectivity index is 1.69. The molecule has 1 aromatic carbocycles. The molecule has 2 aliphatic carbocycles. The van der Waals surface area contributed by atoms with Crippen LogP contribution < -0.4 is 0 Å². The van der Waals surface area contributed by atoms with Crippen molar-refractivity contribution in [1.82, 2.24) is 0 Å². The normalized spacial score (nSPS) is 30.1. The Bertz CT molecular complexity index is 461. The van der Waals surface area contributed by atoms with E-state index < -0.39 is 0 Å². The van der Waals surface area contributed by atoms with Crippen molar-refractivity contribution in [3.05, 3.63) is 34.1 Å². The van der Waals surface area contributed by atoms with Crippen LogP contribution in [0.4, 0.5) is 4.39 Å². The van der Waals surface area contributed by atoms with Crippen LogP contribution in [0.25, 0.3) is 0 Å². The molecule has 0 aliphatic heterocycles. The molecule has 2 fully saturated rings. The van der Waals surface area contributed by atoms with Crippen LogP contribution in [0.5, 0.6) is 0 Å². The summed E-state index contributed by atoms with van der Waals surface area (Å²) in [7, 11) is 0. The summed E-state index contributed by atoms with van der Waals surface area (Å²) in [6.07, 6.45) is 3.82. The maximum Gasteiger partial charge on any atom is 0.140 e. The lowest BCUT2D eigenvalue weighted by Crippen LogP contribution is -2.15. The third-order valence-electron chi connectivity index (χ3n) is 4.07. The quantitative estimate of drug-likeness (QED) is 0.830. The Morgan fingerprint density at radius 1 is 1.29 bits per heavy atom. The van der Waals surface area contributed by atoms with E-state index in [9.17, 15) is 9.18 Å². The molecule has 2 aliphatic rings. The van der Waals surface area contributed by atoms with Gasteiger partial charge in [-0.2, -0.15) is 0 Å². The van der Waals surface area contributed by atoms with Crippen LogP contribution in [0, 0.1) is 23.6 Å². The number of carbonyl (C=O) groups excluding carboxylic acids is 1. The van der Waals surface area contributed by atoms with E-state index in [1.54, 1.807) is 6.07 Å². The molecule has 3 heteroatoms. The van der Waals surface area contributed by atoms with E-state index in [1.807, 2.05) is 0 Å². The second-order valence-corrected chi connectivity index (χ2v) is 6.16. The minimum absolute atomic E-state index is 0.230. The third kappa shape index (κ3) is 2.30. The number of hydrogen-bond donors (Lipinski definition) is 0. The summed E-state index contributed by atoms with van der Waals surface area (Å²) in [5, 5.41) is 0. The molecular formula is C14H14BrFO. The van der Waals surface area contributed by atoms with E-state index >= 15 is 0 Å². The van der Waals surface area contributed by atoms with Crippen molar-refractivity contribution in [2.45, 2.75) is 25.7 Å². The minimum atomic E-state index is -0.273. The van der Waals surface area contributed by atoms with Gasteiger partial charge < -0.3 is 0 Å². The number of halogens is 2. The van der Waals surface area contributed by atoms with Crippen LogP contribution in [0.3, 0.4) is 0 Å². The first-order valence-electron chi connectivity index (χ1n) is 6.10. The van der Waals surface area contributed by atoms with Crippen molar-refractivity contribution in [2.24, 2.45) is 17.8 Å². The maximum absolute atomic E-state index is 13.1. The summed E-state index contributed by atoms with van der Waals surface area (Å²) >= 11 is 3.37. The molecule has 2 saturated carbocycles. The topological polar surface area (TPSA) is 17.1 Å². The molecule has 0 heterocycles. The third-order valence-corrected chi connectivity index (χ3v) is 4.84. The zero-order valence-electron chi connectivity index (χ0n) is 9.46. The number of hydrogen-bond acceptors (Lipinski definition) is 1. The summed E-state index contributed by atoms with van der Waals surface area (Å²) in [6, 6.07) is 4.53. The first-order chi connectivity index (χ1) is 8.13. The average molecular weight is 297 g/mol. The van der Waals surface area contributed by atoms with Gasteiger partial charge in [-0.3, -0.25) is 4.79 Å². The van der Waals surface area contributed by atoms with Gasteiger partial charge in [-0.25, -0.2) is 4.39 Å². The highest BCUT2D eigenvalue weighted by molar-refractivity contribution is 9.10. The number of fused-ring (bicyclic) bond motifs is 1. The molecule has 0 amide bonds. The molecule has 1 nitrogen and oxygen atoms in total. The van der Waals surface area contributed by atoms with E-state index in [0.29, 0.717) is 6.42 Å². The molecule has 17 heavy (non-hydrogen) atoms. The smallest absolute Gasteiger partial charge is 0.140 e. The molecule has 0 saturated heterocycles. The molecular weight excluding hydrogens is 283 g/mol. The highest BCUT2D eigenvalue weighted by Gasteiger charge is 2.47. The fraction of sp³-hybridized carbons (Fsp3) is 0.500. The standard InChI is InChI=1S/C14H14BrFO/c15-13-2-1-12(16)6-10(13)7-14(17)11-4-8-3-9(8)5-11/h1-2,6,8-9,11H,3-5,7H2. The van der Waals surface area contributed by atoms with Crippen molar-refractivity contribution in [3.8, 4) is 0 Å². The van der Waals surface area contributed by atoms with Gasteiger partial charge in [0.2, 0.25) is 0 Å². The molecule has 2 unspecified atom stereocenters. The Labute approximate surface area is 109 Å². The lowest BCUT2D eigenvalue weighted by Gasteiger charge is -2.11. The highest BCUT2D eigenvalue weighted by atomic mass is 79.9. The number of carbonyl (C=O) groups is 1. The summed E-state index contributed by atoms with van der Waals surface area (Å²) in [5.74, 6) is 1.88. The van der Waals surface area contributed by atoms with Crippen LogP contribution in [0.1, 0.15) is 24.8 Å². The van der Waals surface area contributed by atoms with Crippen molar-refractivity contribution >= 4 is 21.7 Å². The molecule has 90 valence electrons. The predicted octanol–water partition coefficient (Wildman–Crippen LogP) is 3.75. The molecule has 0 aromatic heterocycles. The second kappa shape index (κ2) is 4.20.